The Bertz CT molecular complexity index is 718. The highest BCUT2D eigenvalue weighted by molar-refractivity contribution is 5.78. The van der Waals surface area contributed by atoms with Crippen molar-refractivity contribution in [3.63, 3.8) is 0 Å². The summed E-state index contributed by atoms with van der Waals surface area (Å²) < 4.78 is 10.3. The van der Waals surface area contributed by atoms with Gasteiger partial charge in [-0.1, -0.05) is 30.3 Å². The number of ether oxygens (including phenoxy) is 2. The first-order valence-corrected chi connectivity index (χ1v) is 7.31. The number of nitro benzene ring substituents is 1. The molecular formula is C17H18N2O5. The Morgan fingerprint density at radius 2 is 1.96 bits per heavy atom. The third-order valence-corrected chi connectivity index (χ3v) is 3.39. The Labute approximate surface area is 139 Å². The Morgan fingerprint density at radius 1 is 1.25 bits per heavy atom. The van der Waals surface area contributed by atoms with Crippen LogP contribution in [0.4, 0.5) is 5.69 Å². The fraction of sp³-hybridized carbons (Fsp3) is 0.235. The van der Waals surface area contributed by atoms with E-state index in [0.29, 0.717) is 5.75 Å². The lowest BCUT2D eigenvalue weighted by Crippen LogP contribution is -2.31. The third-order valence-electron chi connectivity index (χ3n) is 3.39. The molecule has 0 aliphatic heterocycles. The van der Waals surface area contributed by atoms with Crippen LogP contribution in [0.25, 0.3) is 0 Å². The van der Waals surface area contributed by atoms with Gasteiger partial charge in [-0.05, 0) is 18.6 Å². The molecule has 0 aromatic heterocycles. The molecule has 126 valence electrons. The van der Waals surface area contributed by atoms with E-state index in [1.807, 2.05) is 37.3 Å². The predicted octanol–water partition coefficient (Wildman–Crippen LogP) is 2.86. The first kappa shape index (κ1) is 17.3. The summed E-state index contributed by atoms with van der Waals surface area (Å²) >= 11 is 0. The first-order chi connectivity index (χ1) is 11.5. The minimum Gasteiger partial charge on any atom is -0.490 e. The molecule has 0 saturated heterocycles. The fourth-order valence-corrected chi connectivity index (χ4v) is 2.16. The molecule has 0 radical (unpaired) electrons. The summed E-state index contributed by atoms with van der Waals surface area (Å²) in [6.07, 6.45) is 0. The van der Waals surface area contributed by atoms with Gasteiger partial charge in [0.2, 0.25) is 5.75 Å². The Kier molecular flexibility index (Phi) is 5.73. The van der Waals surface area contributed by atoms with Gasteiger partial charge in [-0.3, -0.25) is 14.9 Å². The molecule has 0 bridgehead atoms. The molecule has 0 aliphatic rings. The molecule has 0 aliphatic carbocycles. The highest BCUT2D eigenvalue weighted by atomic mass is 16.6. The van der Waals surface area contributed by atoms with Crippen LogP contribution in [0.2, 0.25) is 0 Å². The zero-order valence-corrected chi connectivity index (χ0v) is 13.4. The van der Waals surface area contributed by atoms with E-state index in [-0.39, 0.29) is 30.0 Å². The third kappa shape index (κ3) is 4.45. The number of nitrogens with zero attached hydrogens (tertiary/aromatic N) is 1. The average Bonchev–Trinajstić information content (AvgIpc) is 2.60. The van der Waals surface area contributed by atoms with Crippen molar-refractivity contribution in [2.24, 2.45) is 0 Å². The zero-order chi connectivity index (χ0) is 17.5. The Balaban J connectivity index is 1.93. The zero-order valence-electron chi connectivity index (χ0n) is 13.4. The number of hydrogen-bond donors (Lipinski definition) is 1. The fourth-order valence-electron chi connectivity index (χ4n) is 2.16. The second-order valence-corrected chi connectivity index (χ2v) is 5.08. The molecule has 2 aromatic rings. The molecule has 1 N–H and O–H groups in total. The first-order valence-electron chi connectivity index (χ1n) is 7.31. The highest BCUT2D eigenvalue weighted by Gasteiger charge is 2.16. The molecular weight excluding hydrogens is 312 g/mol. The van der Waals surface area contributed by atoms with E-state index in [9.17, 15) is 14.9 Å². The standard InChI is InChI=1S/C17H18N2O5/c1-12(13-6-4-3-5-7-13)18-17(20)11-24-14-8-9-15(19(21)22)16(10-14)23-2/h3-10,12H,11H2,1-2H3,(H,18,20). The summed E-state index contributed by atoms with van der Waals surface area (Å²) in [6.45, 7) is 1.68. The number of nitrogens with one attached hydrogen (secondary N) is 1. The summed E-state index contributed by atoms with van der Waals surface area (Å²) in [5.41, 5.74) is 0.829. The van der Waals surface area contributed by atoms with Crippen LogP contribution < -0.4 is 14.8 Å². The summed E-state index contributed by atoms with van der Waals surface area (Å²) in [6, 6.07) is 13.5. The molecule has 24 heavy (non-hydrogen) atoms. The van der Waals surface area contributed by atoms with Crippen LogP contribution in [0, 0.1) is 10.1 Å². The van der Waals surface area contributed by atoms with Gasteiger partial charge in [-0.25, -0.2) is 0 Å². The van der Waals surface area contributed by atoms with Crippen LogP contribution in [0.15, 0.2) is 48.5 Å². The van der Waals surface area contributed by atoms with E-state index in [2.05, 4.69) is 5.32 Å². The average molecular weight is 330 g/mol. The quantitative estimate of drug-likeness (QED) is 0.622. The number of rotatable bonds is 7. The van der Waals surface area contributed by atoms with Crippen molar-refractivity contribution >= 4 is 11.6 Å². The van der Waals surface area contributed by atoms with E-state index in [1.54, 1.807) is 0 Å². The second-order valence-electron chi connectivity index (χ2n) is 5.08. The van der Waals surface area contributed by atoms with Crippen molar-refractivity contribution in [3.8, 4) is 11.5 Å². The maximum Gasteiger partial charge on any atom is 0.311 e. The van der Waals surface area contributed by atoms with Gasteiger partial charge in [0, 0.05) is 12.1 Å². The normalized spacial score (nSPS) is 11.4. The van der Waals surface area contributed by atoms with Crippen molar-refractivity contribution in [2.45, 2.75) is 13.0 Å². The summed E-state index contributed by atoms with van der Waals surface area (Å²) in [5, 5.41) is 13.7. The Morgan fingerprint density at radius 3 is 2.58 bits per heavy atom. The van der Waals surface area contributed by atoms with Crippen LogP contribution in [0.5, 0.6) is 11.5 Å². The van der Waals surface area contributed by atoms with Crippen LogP contribution >= 0.6 is 0 Å². The van der Waals surface area contributed by atoms with Crippen molar-refractivity contribution in [1.82, 2.24) is 5.32 Å². The minimum absolute atomic E-state index is 0.0792. The lowest BCUT2D eigenvalue weighted by molar-refractivity contribution is -0.385. The molecule has 2 rings (SSSR count). The lowest BCUT2D eigenvalue weighted by Gasteiger charge is -2.14. The number of carbonyl (C=O) groups excluding carboxylic acids is 1. The van der Waals surface area contributed by atoms with Crippen LogP contribution in [-0.2, 0) is 4.79 Å². The predicted molar refractivity (Wildman–Crippen MR) is 88.1 cm³/mol. The molecule has 7 heteroatoms. The largest absolute Gasteiger partial charge is 0.490 e. The molecule has 1 amide bonds. The van der Waals surface area contributed by atoms with Gasteiger partial charge in [0.25, 0.3) is 5.91 Å². The van der Waals surface area contributed by atoms with Gasteiger partial charge < -0.3 is 14.8 Å². The summed E-state index contributed by atoms with van der Waals surface area (Å²) in [7, 11) is 1.33. The summed E-state index contributed by atoms with van der Waals surface area (Å²) in [5.74, 6) is 0.110. The van der Waals surface area contributed by atoms with Gasteiger partial charge in [0.1, 0.15) is 5.75 Å². The van der Waals surface area contributed by atoms with E-state index in [4.69, 9.17) is 9.47 Å². The molecule has 2 aromatic carbocycles. The number of amides is 1. The summed E-state index contributed by atoms with van der Waals surface area (Å²) in [4.78, 5) is 22.2. The number of nitro groups is 1. The van der Waals surface area contributed by atoms with Crippen molar-refractivity contribution in [3.05, 3.63) is 64.2 Å². The van der Waals surface area contributed by atoms with Crippen LogP contribution in [0.3, 0.4) is 0 Å². The SMILES string of the molecule is COc1cc(OCC(=O)NC(C)c2ccccc2)ccc1[N+](=O)[O-]. The number of benzene rings is 2. The smallest absolute Gasteiger partial charge is 0.311 e. The Hall–Kier alpha value is -3.09. The highest BCUT2D eigenvalue weighted by Crippen LogP contribution is 2.30. The van der Waals surface area contributed by atoms with Gasteiger partial charge >= 0.3 is 5.69 Å². The molecule has 1 unspecified atom stereocenters. The lowest BCUT2D eigenvalue weighted by atomic mass is 10.1. The maximum atomic E-state index is 12.0. The van der Waals surface area contributed by atoms with Gasteiger partial charge in [0.15, 0.2) is 6.61 Å². The topological polar surface area (TPSA) is 90.7 Å². The molecule has 0 heterocycles. The van der Waals surface area contributed by atoms with Gasteiger partial charge in [0.05, 0.1) is 18.1 Å². The van der Waals surface area contributed by atoms with Crippen molar-refractivity contribution in [1.29, 1.82) is 0 Å². The van der Waals surface area contributed by atoms with Crippen LogP contribution in [0.1, 0.15) is 18.5 Å². The van der Waals surface area contributed by atoms with Gasteiger partial charge in [-0.2, -0.15) is 0 Å². The maximum absolute atomic E-state index is 12.0. The molecule has 0 saturated carbocycles. The second kappa shape index (κ2) is 7.96. The van der Waals surface area contributed by atoms with Gasteiger partial charge in [-0.15, -0.1) is 0 Å². The number of carbonyl (C=O) groups is 1. The molecule has 7 nitrogen and oxygen atoms in total. The molecule has 1 atom stereocenters. The number of methoxy groups -OCH3 is 1. The van der Waals surface area contributed by atoms with E-state index < -0.39 is 4.92 Å². The molecule has 0 fully saturated rings. The van der Waals surface area contributed by atoms with Crippen molar-refractivity contribution in [2.75, 3.05) is 13.7 Å². The number of hydrogen-bond acceptors (Lipinski definition) is 5. The van der Waals surface area contributed by atoms with E-state index in [1.165, 1.54) is 25.3 Å². The minimum atomic E-state index is -0.545. The van der Waals surface area contributed by atoms with E-state index >= 15 is 0 Å². The van der Waals surface area contributed by atoms with E-state index in [0.717, 1.165) is 5.56 Å². The van der Waals surface area contributed by atoms with Crippen molar-refractivity contribution < 1.29 is 19.2 Å². The monoisotopic (exact) mass is 330 g/mol. The molecule has 0 spiro atoms. The van der Waals surface area contributed by atoms with Crippen LogP contribution in [-0.4, -0.2) is 24.5 Å².